The molecule has 1 atom stereocenters. The monoisotopic (exact) mass is 320 g/mol. The highest BCUT2D eigenvalue weighted by Crippen LogP contribution is 2.40. The number of thiophene rings is 1. The number of hydrogen-bond donors (Lipinski definition) is 1. The summed E-state index contributed by atoms with van der Waals surface area (Å²) in [5.74, 6) is 3.04. The minimum Gasteiger partial charge on any atom is -0.496 e. The maximum absolute atomic E-state index is 10.8. The van der Waals surface area contributed by atoms with Crippen LogP contribution in [0.4, 0.5) is 0 Å². The first-order valence-corrected chi connectivity index (χ1v) is 9.09. The Balaban J connectivity index is 2.02. The number of aliphatic hydroxyl groups excluding tert-OH is 1. The molecule has 0 bridgehead atoms. The molecule has 0 saturated carbocycles. The second kappa shape index (κ2) is 6.03. The lowest BCUT2D eigenvalue weighted by molar-refractivity contribution is 0.217. The third kappa shape index (κ3) is 2.85. The number of aryl methyl sites for hydroxylation is 3. The first kappa shape index (κ1) is 14.9. The molecule has 0 saturated heterocycles. The van der Waals surface area contributed by atoms with Crippen molar-refractivity contribution in [3.8, 4) is 5.75 Å². The van der Waals surface area contributed by atoms with Crippen LogP contribution in [0.2, 0.25) is 0 Å². The number of benzene rings is 1. The molecule has 2 nitrogen and oxygen atoms in total. The van der Waals surface area contributed by atoms with Crippen LogP contribution in [-0.2, 0) is 12.2 Å². The number of thioether (sulfide) groups is 1. The molecule has 0 fully saturated rings. The number of hydrogen-bond acceptors (Lipinski definition) is 4. The number of aliphatic hydroxyl groups is 1. The van der Waals surface area contributed by atoms with Crippen LogP contribution in [0.5, 0.6) is 5.75 Å². The predicted octanol–water partition coefficient (Wildman–Crippen LogP) is 4.24. The lowest BCUT2D eigenvalue weighted by Crippen LogP contribution is -2.04. The molecule has 1 aliphatic rings. The van der Waals surface area contributed by atoms with E-state index in [2.05, 4.69) is 12.1 Å². The summed E-state index contributed by atoms with van der Waals surface area (Å²) in [5.41, 5.74) is 4.53. The molecule has 0 radical (unpaired) electrons. The van der Waals surface area contributed by atoms with E-state index in [0.717, 1.165) is 39.5 Å². The van der Waals surface area contributed by atoms with E-state index in [-0.39, 0.29) is 0 Å². The fourth-order valence-corrected chi connectivity index (χ4v) is 5.28. The summed E-state index contributed by atoms with van der Waals surface area (Å²) >= 11 is 3.72. The molecule has 2 aromatic rings. The minimum atomic E-state index is -0.596. The van der Waals surface area contributed by atoms with Gasteiger partial charge in [-0.05, 0) is 54.8 Å². The quantitative estimate of drug-likeness (QED) is 0.917. The number of rotatable bonds is 3. The fraction of sp³-hybridized carbons (Fsp3) is 0.412. The van der Waals surface area contributed by atoms with Gasteiger partial charge in [0.05, 0.1) is 7.11 Å². The minimum absolute atomic E-state index is 0.596. The average Bonchev–Trinajstić information content (AvgIpc) is 2.89. The summed E-state index contributed by atoms with van der Waals surface area (Å²) in [4.78, 5) is 2.47. The fourth-order valence-electron chi connectivity index (χ4n) is 2.91. The second-order valence-corrected chi connectivity index (χ2v) is 7.77. The lowest BCUT2D eigenvalue weighted by Gasteiger charge is -2.17. The lowest BCUT2D eigenvalue weighted by atomic mass is 9.98. The Morgan fingerprint density at radius 2 is 2.05 bits per heavy atom. The molecule has 0 spiro atoms. The standard InChI is InChI=1S/C17H20O2S2/c1-10-6-11(2)16(13(7-10)19-3)17(18)15-8-12-9-20-5-4-14(12)21-15/h6-8,17-18H,4-5,9H2,1-3H3. The van der Waals surface area contributed by atoms with Crippen molar-refractivity contribution >= 4 is 23.1 Å². The number of methoxy groups -OCH3 is 1. The maximum atomic E-state index is 10.8. The van der Waals surface area contributed by atoms with E-state index in [1.807, 2.05) is 31.7 Å². The molecule has 1 aromatic heterocycles. The van der Waals surface area contributed by atoms with Gasteiger partial charge in [0.1, 0.15) is 11.9 Å². The Labute approximate surface area is 134 Å². The van der Waals surface area contributed by atoms with Crippen molar-refractivity contribution in [2.75, 3.05) is 12.9 Å². The molecule has 0 amide bonds. The summed E-state index contributed by atoms with van der Waals surface area (Å²) in [7, 11) is 1.67. The van der Waals surface area contributed by atoms with E-state index in [9.17, 15) is 5.11 Å². The first-order valence-electron chi connectivity index (χ1n) is 7.12. The molecule has 1 aromatic carbocycles. The Morgan fingerprint density at radius 3 is 2.76 bits per heavy atom. The van der Waals surface area contributed by atoms with Crippen molar-refractivity contribution in [1.29, 1.82) is 0 Å². The van der Waals surface area contributed by atoms with E-state index in [1.165, 1.54) is 16.2 Å². The van der Waals surface area contributed by atoms with Crippen molar-refractivity contribution < 1.29 is 9.84 Å². The van der Waals surface area contributed by atoms with Gasteiger partial charge in [-0.3, -0.25) is 0 Å². The largest absolute Gasteiger partial charge is 0.496 e. The van der Waals surface area contributed by atoms with Gasteiger partial charge in [-0.25, -0.2) is 0 Å². The van der Waals surface area contributed by atoms with E-state index >= 15 is 0 Å². The van der Waals surface area contributed by atoms with Gasteiger partial charge in [0.2, 0.25) is 0 Å². The second-order valence-electron chi connectivity index (χ2n) is 5.50. The highest BCUT2D eigenvalue weighted by atomic mass is 32.2. The Bertz CT molecular complexity index is 638. The molecule has 1 N–H and O–H groups in total. The highest BCUT2D eigenvalue weighted by Gasteiger charge is 2.23. The average molecular weight is 320 g/mol. The van der Waals surface area contributed by atoms with Gasteiger partial charge in [0.15, 0.2) is 0 Å². The van der Waals surface area contributed by atoms with Crippen molar-refractivity contribution in [1.82, 2.24) is 0 Å². The summed E-state index contributed by atoms with van der Waals surface area (Å²) in [6.07, 6.45) is 0.530. The van der Waals surface area contributed by atoms with Crippen molar-refractivity contribution in [2.24, 2.45) is 0 Å². The van der Waals surface area contributed by atoms with E-state index in [1.54, 1.807) is 18.4 Å². The Morgan fingerprint density at radius 1 is 1.24 bits per heavy atom. The zero-order chi connectivity index (χ0) is 15.0. The Kier molecular flexibility index (Phi) is 4.29. The van der Waals surface area contributed by atoms with Crippen LogP contribution in [0, 0.1) is 13.8 Å². The van der Waals surface area contributed by atoms with Crippen molar-refractivity contribution in [2.45, 2.75) is 32.1 Å². The summed E-state index contributed by atoms with van der Waals surface area (Å²) in [6, 6.07) is 6.27. The molecule has 21 heavy (non-hydrogen) atoms. The summed E-state index contributed by atoms with van der Waals surface area (Å²) < 4.78 is 5.49. The molecule has 0 aliphatic carbocycles. The van der Waals surface area contributed by atoms with Gasteiger partial charge in [-0.15, -0.1) is 11.3 Å². The topological polar surface area (TPSA) is 29.5 Å². The third-order valence-corrected chi connectivity index (χ3v) is 6.20. The zero-order valence-corrected chi connectivity index (χ0v) is 14.2. The van der Waals surface area contributed by atoms with Gasteiger partial charge < -0.3 is 9.84 Å². The van der Waals surface area contributed by atoms with Crippen LogP contribution < -0.4 is 4.74 Å². The molecule has 3 rings (SSSR count). The van der Waals surface area contributed by atoms with E-state index in [0.29, 0.717) is 0 Å². The van der Waals surface area contributed by atoms with Gasteiger partial charge in [-0.1, -0.05) is 6.07 Å². The Hall–Kier alpha value is -0.970. The van der Waals surface area contributed by atoms with Gasteiger partial charge in [0.25, 0.3) is 0 Å². The molecular weight excluding hydrogens is 300 g/mol. The SMILES string of the molecule is COc1cc(C)cc(C)c1C(O)c1cc2c(s1)CCSC2. The van der Waals surface area contributed by atoms with Crippen molar-refractivity contribution in [3.05, 3.63) is 50.2 Å². The molecular formula is C17H20O2S2. The van der Waals surface area contributed by atoms with Crippen molar-refractivity contribution in [3.63, 3.8) is 0 Å². The van der Waals surface area contributed by atoms with Gasteiger partial charge >= 0.3 is 0 Å². The third-order valence-electron chi connectivity index (χ3n) is 3.90. The normalized spacial score (nSPS) is 15.6. The van der Waals surface area contributed by atoms with Crippen LogP contribution in [0.25, 0.3) is 0 Å². The zero-order valence-electron chi connectivity index (χ0n) is 12.6. The van der Waals surface area contributed by atoms with Crippen LogP contribution in [0.15, 0.2) is 18.2 Å². The number of fused-ring (bicyclic) bond motifs is 1. The molecule has 2 heterocycles. The number of ether oxygens (including phenoxy) is 1. The maximum Gasteiger partial charge on any atom is 0.125 e. The molecule has 112 valence electrons. The summed E-state index contributed by atoms with van der Waals surface area (Å²) in [6.45, 7) is 4.09. The first-order chi connectivity index (χ1) is 10.1. The van der Waals surface area contributed by atoms with Crippen LogP contribution in [-0.4, -0.2) is 18.0 Å². The van der Waals surface area contributed by atoms with Crippen LogP contribution >= 0.6 is 23.1 Å². The van der Waals surface area contributed by atoms with Crippen LogP contribution in [0.3, 0.4) is 0 Å². The molecule has 1 aliphatic heterocycles. The predicted molar refractivity (Wildman–Crippen MR) is 90.7 cm³/mol. The molecule has 4 heteroatoms. The smallest absolute Gasteiger partial charge is 0.125 e. The highest BCUT2D eigenvalue weighted by molar-refractivity contribution is 7.98. The van der Waals surface area contributed by atoms with Crippen LogP contribution in [0.1, 0.15) is 38.1 Å². The van der Waals surface area contributed by atoms with Gasteiger partial charge in [-0.2, -0.15) is 11.8 Å². The molecule has 1 unspecified atom stereocenters. The van der Waals surface area contributed by atoms with Gasteiger partial charge in [0, 0.05) is 21.1 Å². The van der Waals surface area contributed by atoms with E-state index < -0.39 is 6.10 Å². The summed E-state index contributed by atoms with van der Waals surface area (Å²) in [5, 5.41) is 10.8. The van der Waals surface area contributed by atoms with E-state index in [4.69, 9.17) is 4.74 Å².